The van der Waals surface area contributed by atoms with Gasteiger partial charge in [0.1, 0.15) is 5.76 Å². The summed E-state index contributed by atoms with van der Waals surface area (Å²) in [5, 5.41) is 13.6. The number of aromatic nitrogens is 5. The highest BCUT2D eigenvalue weighted by Gasteiger charge is 2.23. The van der Waals surface area contributed by atoms with Gasteiger partial charge in [0.25, 0.3) is 5.56 Å². The van der Waals surface area contributed by atoms with Crippen molar-refractivity contribution in [1.82, 2.24) is 30.1 Å². The maximum atomic E-state index is 12.9. The Morgan fingerprint density at radius 3 is 2.78 bits per heavy atom. The zero-order valence-corrected chi connectivity index (χ0v) is 18.5. The van der Waals surface area contributed by atoms with Gasteiger partial charge in [0.15, 0.2) is 5.82 Å². The molecule has 1 aliphatic carbocycles. The summed E-state index contributed by atoms with van der Waals surface area (Å²) in [4.78, 5) is 18.2. The summed E-state index contributed by atoms with van der Waals surface area (Å²) in [5.74, 6) is 1.67. The van der Waals surface area contributed by atoms with Crippen LogP contribution in [0.25, 0.3) is 10.9 Å². The normalized spacial score (nSPS) is 14.7. The van der Waals surface area contributed by atoms with Gasteiger partial charge in [0, 0.05) is 12.1 Å². The summed E-state index contributed by atoms with van der Waals surface area (Å²) in [6, 6.07) is 10.4. The van der Waals surface area contributed by atoms with Crippen LogP contribution in [-0.2, 0) is 19.6 Å². The van der Waals surface area contributed by atoms with Crippen molar-refractivity contribution in [3.63, 3.8) is 0 Å². The molecule has 0 spiro atoms. The molecule has 8 heteroatoms. The van der Waals surface area contributed by atoms with Crippen LogP contribution in [0.2, 0.25) is 0 Å². The number of aromatic amines is 1. The van der Waals surface area contributed by atoms with Crippen LogP contribution in [0.3, 0.4) is 0 Å². The lowest BCUT2D eigenvalue weighted by Gasteiger charge is -2.22. The zero-order chi connectivity index (χ0) is 22.1. The smallest absolute Gasteiger partial charge is 0.252 e. The minimum Gasteiger partial charge on any atom is -0.468 e. The highest BCUT2D eigenvalue weighted by molar-refractivity contribution is 5.82. The first-order valence-electron chi connectivity index (χ1n) is 11.2. The maximum Gasteiger partial charge on any atom is 0.252 e. The molecular weight excluding hydrogens is 404 g/mol. The number of nitrogens with one attached hydrogen (secondary N) is 1. The third-order valence-corrected chi connectivity index (χ3v) is 6.32. The van der Waals surface area contributed by atoms with E-state index in [-0.39, 0.29) is 5.56 Å². The Bertz CT molecular complexity index is 1270. The van der Waals surface area contributed by atoms with E-state index < -0.39 is 0 Å². The highest BCUT2D eigenvalue weighted by atomic mass is 16.3. The topological polar surface area (TPSA) is 92.8 Å². The number of hydrogen-bond acceptors (Lipinski definition) is 6. The second kappa shape index (κ2) is 8.70. The number of tetrazole rings is 1. The van der Waals surface area contributed by atoms with E-state index >= 15 is 0 Å². The van der Waals surface area contributed by atoms with Crippen LogP contribution in [-0.4, -0.2) is 30.1 Å². The Kier molecular flexibility index (Phi) is 5.61. The van der Waals surface area contributed by atoms with E-state index in [1.165, 1.54) is 18.4 Å². The van der Waals surface area contributed by atoms with Crippen LogP contribution in [0.5, 0.6) is 0 Å². The lowest BCUT2D eigenvalue weighted by atomic mass is 10.1. The van der Waals surface area contributed by atoms with Crippen LogP contribution in [0.15, 0.2) is 45.8 Å². The summed E-state index contributed by atoms with van der Waals surface area (Å²) >= 11 is 0. The SMILES string of the molecule is Cc1cc(C)c2[nH]c(=O)c(CN(Cc3ccco3)Cc3nnnn3C3CCCC3)cc2c1. The van der Waals surface area contributed by atoms with Crippen molar-refractivity contribution in [3.05, 3.63) is 75.2 Å². The second-order valence-electron chi connectivity index (χ2n) is 8.87. The molecule has 3 heterocycles. The van der Waals surface area contributed by atoms with Crippen LogP contribution in [0, 0.1) is 13.8 Å². The minimum atomic E-state index is -0.0655. The Labute approximate surface area is 186 Å². The summed E-state index contributed by atoms with van der Waals surface area (Å²) in [6.07, 6.45) is 6.32. The van der Waals surface area contributed by atoms with Crippen LogP contribution < -0.4 is 5.56 Å². The van der Waals surface area contributed by atoms with E-state index in [1.54, 1.807) is 6.26 Å². The van der Waals surface area contributed by atoms with Crippen molar-refractivity contribution in [2.45, 2.75) is 65.2 Å². The van der Waals surface area contributed by atoms with Gasteiger partial charge in [-0.3, -0.25) is 9.69 Å². The number of nitrogens with zero attached hydrogens (tertiary/aromatic N) is 5. The predicted octanol–water partition coefficient (Wildman–Crippen LogP) is 4.04. The van der Waals surface area contributed by atoms with Gasteiger partial charge in [-0.05, 0) is 72.3 Å². The van der Waals surface area contributed by atoms with E-state index in [9.17, 15) is 4.79 Å². The van der Waals surface area contributed by atoms with Gasteiger partial charge in [-0.25, -0.2) is 4.68 Å². The molecule has 3 aromatic heterocycles. The molecule has 0 unspecified atom stereocenters. The van der Waals surface area contributed by atoms with Gasteiger partial charge >= 0.3 is 0 Å². The molecule has 1 N–H and O–H groups in total. The molecule has 1 fully saturated rings. The van der Waals surface area contributed by atoms with Gasteiger partial charge in [-0.2, -0.15) is 0 Å². The fourth-order valence-electron chi connectivity index (χ4n) is 4.83. The van der Waals surface area contributed by atoms with Gasteiger partial charge < -0.3 is 9.40 Å². The molecule has 0 amide bonds. The van der Waals surface area contributed by atoms with E-state index in [1.807, 2.05) is 29.8 Å². The Morgan fingerprint density at radius 2 is 2.00 bits per heavy atom. The maximum absolute atomic E-state index is 12.9. The molecule has 0 atom stereocenters. The highest BCUT2D eigenvalue weighted by Crippen LogP contribution is 2.29. The number of benzene rings is 1. The largest absolute Gasteiger partial charge is 0.468 e. The molecule has 166 valence electrons. The quantitative estimate of drug-likeness (QED) is 0.474. The number of pyridine rings is 1. The van der Waals surface area contributed by atoms with Gasteiger partial charge in [-0.15, -0.1) is 5.10 Å². The van der Waals surface area contributed by atoms with Crippen molar-refractivity contribution < 1.29 is 4.42 Å². The molecule has 0 bridgehead atoms. The third-order valence-electron chi connectivity index (χ3n) is 6.32. The fourth-order valence-corrected chi connectivity index (χ4v) is 4.83. The van der Waals surface area contributed by atoms with Crippen LogP contribution in [0.1, 0.15) is 60.0 Å². The molecule has 1 aliphatic rings. The first-order valence-corrected chi connectivity index (χ1v) is 11.2. The molecule has 5 rings (SSSR count). The first-order chi connectivity index (χ1) is 15.6. The molecule has 32 heavy (non-hydrogen) atoms. The molecule has 8 nitrogen and oxygen atoms in total. The summed E-state index contributed by atoms with van der Waals surface area (Å²) < 4.78 is 7.57. The Morgan fingerprint density at radius 1 is 1.16 bits per heavy atom. The molecule has 0 radical (unpaired) electrons. The average molecular weight is 433 g/mol. The summed E-state index contributed by atoms with van der Waals surface area (Å²) in [5.41, 5.74) is 3.80. The standard InChI is InChI=1S/C24H28N6O2/c1-16-10-17(2)23-18(11-16)12-19(24(31)25-23)13-29(14-21-8-5-9-32-21)15-22-26-27-28-30(22)20-6-3-4-7-20/h5,8-12,20H,3-4,6-7,13-15H2,1-2H3,(H,25,31). The molecule has 0 saturated heterocycles. The number of aryl methyl sites for hydroxylation is 2. The molecule has 1 saturated carbocycles. The number of hydrogen-bond donors (Lipinski definition) is 1. The lowest BCUT2D eigenvalue weighted by molar-refractivity contribution is 0.213. The van der Waals surface area contributed by atoms with E-state index in [4.69, 9.17) is 4.42 Å². The minimum absolute atomic E-state index is 0.0655. The van der Waals surface area contributed by atoms with Crippen molar-refractivity contribution in [2.75, 3.05) is 0 Å². The average Bonchev–Trinajstić information content (AvgIpc) is 3.51. The van der Waals surface area contributed by atoms with E-state index in [0.29, 0.717) is 31.2 Å². The van der Waals surface area contributed by atoms with Crippen LogP contribution in [0.4, 0.5) is 0 Å². The van der Waals surface area contributed by atoms with Crippen molar-refractivity contribution in [1.29, 1.82) is 0 Å². The summed E-state index contributed by atoms with van der Waals surface area (Å²) in [6.45, 7) is 5.67. The zero-order valence-electron chi connectivity index (χ0n) is 18.5. The number of rotatable bonds is 7. The van der Waals surface area contributed by atoms with Crippen molar-refractivity contribution in [3.8, 4) is 0 Å². The van der Waals surface area contributed by atoms with Crippen LogP contribution >= 0.6 is 0 Å². The van der Waals surface area contributed by atoms with Gasteiger partial charge in [0.2, 0.25) is 0 Å². The molecule has 0 aliphatic heterocycles. The Balaban J connectivity index is 1.46. The van der Waals surface area contributed by atoms with Crippen molar-refractivity contribution in [2.24, 2.45) is 0 Å². The molecule has 1 aromatic carbocycles. The van der Waals surface area contributed by atoms with E-state index in [0.717, 1.165) is 40.9 Å². The van der Waals surface area contributed by atoms with Gasteiger partial charge in [-0.1, -0.05) is 24.5 Å². The van der Waals surface area contributed by atoms with Gasteiger partial charge in [0.05, 0.1) is 30.9 Å². The first kappa shape index (κ1) is 20.6. The number of H-pyrrole nitrogens is 1. The number of furan rings is 1. The molecular formula is C24H28N6O2. The monoisotopic (exact) mass is 432 g/mol. The predicted molar refractivity (Wildman–Crippen MR) is 121 cm³/mol. The summed E-state index contributed by atoms with van der Waals surface area (Å²) in [7, 11) is 0. The third kappa shape index (κ3) is 4.23. The van der Waals surface area contributed by atoms with Crippen molar-refractivity contribution >= 4 is 10.9 Å². The Hall–Kier alpha value is -3.26. The second-order valence-corrected chi connectivity index (χ2v) is 8.87. The lowest BCUT2D eigenvalue weighted by Crippen LogP contribution is -2.28. The van der Waals surface area contributed by atoms with E-state index in [2.05, 4.69) is 44.5 Å². The number of fused-ring (bicyclic) bond motifs is 1. The molecule has 4 aromatic rings. The fraction of sp³-hybridized carbons (Fsp3) is 0.417.